The molecule has 2 aromatic carbocycles. The van der Waals surface area contributed by atoms with E-state index in [-0.39, 0.29) is 5.91 Å². The number of aryl methyl sites for hydroxylation is 1. The number of amides is 1. The number of hydrogen-bond acceptors (Lipinski definition) is 4. The maximum absolute atomic E-state index is 12.5. The zero-order valence-corrected chi connectivity index (χ0v) is 15.9. The second-order valence-electron chi connectivity index (χ2n) is 5.37. The average Bonchev–Trinajstić information content (AvgIpc) is 2.97. The Bertz CT molecular complexity index is 929. The molecule has 1 heterocycles. The van der Waals surface area contributed by atoms with Crippen LogP contribution in [-0.2, 0) is 6.54 Å². The van der Waals surface area contributed by atoms with Crippen molar-refractivity contribution in [2.45, 2.75) is 13.5 Å². The summed E-state index contributed by atoms with van der Waals surface area (Å²) in [6.45, 7) is 3.42. The third kappa shape index (κ3) is 4.14. The summed E-state index contributed by atoms with van der Waals surface area (Å²) in [4.78, 5) is 17.6. The molecule has 3 rings (SSSR count). The summed E-state index contributed by atoms with van der Waals surface area (Å²) >= 11 is 3.30. The molecule has 4 nitrogen and oxygen atoms in total. The number of carbonyl (C=O) groups is 1. The quantitative estimate of drug-likeness (QED) is 0.651. The Morgan fingerprint density at radius 2 is 2.04 bits per heavy atom. The van der Waals surface area contributed by atoms with Gasteiger partial charge in [-0.2, -0.15) is 16.8 Å². The van der Waals surface area contributed by atoms with Crippen LogP contribution in [0.3, 0.4) is 0 Å². The van der Waals surface area contributed by atoms with Crippen molar-refractivity contribution >= 4 is 39.2 Å². The van der Waals surface area contributed by atoms with Gasteiger partial charge in [0.05, 0.1) is 16.8 Å². The molecule has 0 atom stereocenters. The topological polar surface area (TPSA) is 43.6 Å². The molecule has 0 radical (unpaired) electrons. The fourth-order valence-electron chi connectivity index (χ4n) is 2.53. The van der Waals surface area contributed by atoms with Crippen LogP contribution in [0.2, 0.25) is 0 Å². The zero-order valence-electron chi connectivity index (χ0n) is 14.3. The molecule has 1 amide bonds. The Balaban J connectivity index is 2.08. The van der Waals surface area contributed by atoms with Gasteiger partial charge in [0.25, 0.3) is 5.91 Å². The first-order valence-electron chi connectivity index (χ1n) is 8.12. The summed E-state index contributed by atoms with van der Waals surface area (Å²) < 4.78 is 8.78. The first-order chi connectivity index (χ1) is 12.2. The maximum atomic E-state index is 12.5. The highest BCUT2D eigenvalue weighted by Gasteiger charge is 2.10. The summed E-state index contributed by atoms with van der Waals surface area (Å²) in [6, 6.07) is 15.2. The minimum atomic E-state index is -0.213. The first-order valence-corrected chi connectivity index (χ1v) is 10.3. The number of fused-ring (bicyclic) bond motifs is 1. The Labute approximate surface area is 155 Å². The average molecular weight is 373 g/mol. The number of thioether (sulfide) groups is 1. The van der Waals surface area contributed by atoms with Crippen molar-refractivity contribution in [3.8, 4) is 5.75 Å². The van der Waals surface area contributed by atoms with Gasteiger partial charge in [-0.25, -0.2) is 0 Å². The van der Waals surface area contributed by atoms with Crippen molar-refractivity contribution in [1.29, 1.82) is 0 Å². The summed E-state index contributed by atoms with van der Waals surface area (Å²) in [6.07, 6.45) is 2.08. The smallest absolute Gasteiger partial charge is 0.279 e. The van der Waals surface area contributed by atoms with E-state index in [2.05, 4.69) is 15.8 Å². The minimum Gasteiger partial charge on any atom is -0.494 e. The highest BCUT2D eigenvalue weighted by atomic mass is 32.2. The van der Waals surface area contributed by atoms with Crippen LogP contribution in [-0.4, -0.2) is 29.1 Å². The highest BCUT2D eigenvalue weighted by molar-refractivity contribution is 7.98. The molecule has 6 heteroatoms. The number of carbonyl (C=O) groups excluding carboxylic acids is 1. The van der Waals surface area contributed by atoms with Crippen molar-refractivity contribution < 1.29 is 9.53 Å². The van der Waals surface area contributed by atoms with E-state index < -0.39 is 0 Å². The number of aromatic nitrogens is 1. The van der Waals surface area contributed by atoms with E-state index in [0.29, 0.717) is 12.2 Å². The first kappa shape index (κ1) is 17.8. The SMILES string of the molecule is CCOc1ccc2c(c1)sc(=NC(=O)c1ccccc1)n2CCSC. The van der Waals surface area contributed by atoms with Crippen molar-refractivity contribution in [3.63, 3.8) is 0 Å². The van der Waals surface area contributed by atoms with Gasteiger partial charge < -0.3 is 9.30 Å². The van der Waals surface area contributed by atoms with E-state index in [1.54, 1.807) is 23.9 Å². The van der Waals surface area contributed by atoms with Crippen LogP contribution in [0.4, 0.5) is 0 Å². The molecule has 0 N–H and O–H groups in total. The third-order valence-corrected chi connectivity index (χ3v) is 5.33. The van der Waals surface area contributed by atoms with Crippen LogP contribution < -0.4 is 9.54 Å². The van der Waals surface area contributed by atoms with E-state index in [1.165, 1.54) is 11.3 Å². The van der Waals surface area contributed by atoms with E-state index in [4.69, 9.17) is 4.74 Å². The molecular weight excluding hydrogens is 352 g/mol. The molecule has 0 saturated carbocycles. The van der Waals surface area contributed by atoms with Crippen LogP contribution in [0.5, 0.6) is 5.75 Å². The molecule has 0 bridgehead atoms. The van der Waals surface area contributed by atoms with Gasteiger partial charge in [0.1, 0.15) is 5.75 Å². The molecule has 3 aromatic rings. The molecule has 25 heavy (non-hydrogen) atoms. The lowest BCUT2D eigenvalue weighted by Crippen LogP contribution is -2.18. The van der Waals surface area contributed by atoms with Gasteiger partial charge in [0.15, 0.2) is 4.80 Å². The van der Waals surface area contributed by atoms with Crippen LogP contribution >= 0.6 is 23.1 Å². The highest BCUT2D eigenvalue weighted by Crippen LogP contribution is 2.23. The third-order valence-electron chi connectivity index (χ3n) is 3.70. The molecule has 0 aliphatic rings. The monoisotopic (exact) mass is 372 g/mol. The van der Waals surface area contributed by atoms with Crippen LogP contribution in [0.25, 0.3) is 10.2 Å². The summed E-state index contributed by atoms with van der Waals surface area (Å²) in [5.41, 5.74) is 1.69. The Morgan fingerprint density at radius 1 is 1.24 bits per heavy atom. The van der Waals surface area contributed by atoms with Gasteiger partial charge in [-0.15, -0.1) is 0 Å². The number of ether oxygens (including phenoxy) is 1. The molecule has 0 aliphatic carbocycles. The number of rotatable bonds is 6. The van der Waals surface area contributed by atoms with Crippen molar-refractivity contribution in [3.05, 3.63) is 58.9 Å². The Kier molecular flexibility index (Phi) is 5.94. The summed E-state index contributed by atoms with van der Waals surface area (Å²) in [5, 5.41) is 0. The van der Waals surface area contributed by atoms with Gasteiger partial charge >= 0.3 is 0 Å². The number of thiazole rings is 1. The normalized spacial score (nSPS) is 11.8. The largest absolute Gasteiger partial charge is 0.494 e. The molecule has 0 saturated heterocycles. The Hall–Kier alpha value is -2.05. The minimum absolute atomic E-state index is 0.213. The van der Waals surface area contributed by atoms with Crippen LogP contribution in [0.15, 0.2) is 53.5 Å². The lowest BCUT2D eigenvalue weighted by Gasteiger charge is -2.05. The van der Waals surface area contributed by atoms with Crippen LogP contribution in [0, 0.1) is 0 Å². The fourth-order valence-corrected chi connectivity index (χ4v) is 3.97. The van der Waals surface area contributed by atoms with Gasteiger partial charge in [0, 0.05) is 17.9 Å². The van der Waals surface area contributed by atoms with Gasteiger partial charge in [-0.05, 0) is 43.5 Å². The Morgan fingerprint density at radius 3 is 2.76 bits per heavy atom. The van der Waals surface area contributed by atoms with Crippen molar-refractivity contribution in [2.75, 3.05) is 18.6 Å². The molecule has 0 fully saturated rings. The standard InChI is InChI=1S/C19H20N2O2S2/c1-3-23-15-9-10-16-17(13-15)25-19(21(16)11-12-24-2)20-18(22)14-7-5-4-6-8-14/h4-10,13H,3,11-12H2,1-2H3. The maximum Gasteiger partial charge on any atom is 0.279 e. The number of hydrogen-bond donors (Lipinski definition) is 0. The molecule has 0 aliphatic heterocycles. The second-order valence-corrected chi connectivity index (χ2v) is 7.37. The van der Waals surface area contributed by atoms with Gasteiger partial charge in [0.2, 0.25) is 0 Å². The van der Waals surface area contributed by atoms with E-state index in [9.17, 15) is 4.79 Å². The fraction of sp³-hybridized carbons (Fsp3) is 0.263. The lowest BCUT2D eigenvalue weighted by atomic mass is 10.2. The van der Waals surface area contributed by atoms with Crippen molar-refractivity contribution in [2.24, 2.45) is 4.99 Å². The van der Waals surface area contributed by atoms with E-state index >= 15 is 0 Å². The van der Waals surface area contributed by atoms with Gasteiger partial charge in [-0.1, -0.05) is 29.5 Å². The molecule has 0 unspecified atom stereocenters. The van der Waals surface area contributed by atoms with E-state index in [1.807, 2.05) is 43.3 Å². The van der Waals surface area contributed by atoms with Crippen molar-refractivity contribution in [1.82, 2.24) is 4.57 Å². The predicted octanol–water partition coefficient (Wildman–Crippen LogP) is 4.21. The lowest BCUT2D eigenvalue weighted by molar-refractivity contribution is 0.0998. The second kappa shape index (κ2) is 8.36. The van der Waals surface area contributed by atoms with Gasteiger partial charge in [-0.3, -0.25) is 4.79 Å². The summed E-state index contributed by atoms with van der Waals surface area (Å²) in [5.74, 6) is 1.59. The molecule has 0 spiro atoms. The van der Waals surface area contributed by atoms with E-state index in [0.717, 1.165) is 33.1 Å². The number of nitrogens with zero attached hydrogens (tertiary/aromatic N) is 2. The summed E-state index contributed by atoms with van der Waals surface area (Å²) in [7, 11) is 0. The molecular formula is C19H20N2O2S2. The molecule has 1 aromatic heterocycles. The predicted molar refractivity (Wildman–Crippen MR) is 106 cm³/mol. The number of benzene rings is 2. The molecule has 130 valence electrons. The van der Waals surface area contributed by atoms with Crippen LogP contribution in [0.1, 0.15) is 17.3 Å². The zero-order chi connectivity index (χ0) is 17.6.